The monoisotopic (exact) mass is 288 g/mol. The van der Waals surface area contributed by atoms with Gasteiger partial charge in [0, 0.05) is 11.9 Å². The average Bonchev–Trinajstić information content (AvgIpc) is 3.26. The molecule has 4 heteroatoms. The van der Waals surface area contributed by atoms with Crippen molar-refractivity contribution in [1.29, 1.82) is 0 Å². The molecule has 0 saturated heterocycles. The summed E-state index contributed by atoms with van der Waals surface area (Å²) in [6.45, 7) is 0.726. The number of nitrogens with one attached hydrogen (secondary N) is 1. The van der Waals surface area contributed by atoms with Gasteiger partial charge >= 0.3 is 0 Å². The largest absolute Gasteiger partial charge is 0.352 e. The molecule has 104 valence electrons. The smallest absolute Gasteiger partial charge is 0.252 e. The highest BCUT2D eigenvalue weighted by atomic mass is 35.5. The summed E-state index contributed by atoms with van der Waals surface area (Å²) in [4.78, 5) is 16.5. The zero-order chi connectivity index (χ0) is 13.9. The number of nitrogens with zero attached hydrogens (tertiary/aromatic N) is 1. The van der Waals surface area contributed by atoms with E-state index in [1.54, 1.807) is 6.07 Å². The summed E-state index contributed by atoms with van der Waals surface area (Å²) >= 11 is 5.99. The minimum Gasteiger partial charge on any atom is -0.352 e. The molecule has 0 radical (unpaired) electrons. The number of fused-ring (bicyclic) bond motifs is 1. The van der Waals surface area contributed by atoms with E-state index in [1.807, 2.05) is 24.3 Å². The standard InChI is InChI=1S/C16H17ClN2O/c17-15-10-13(12-5-1-2-6-14(12)19-15)16(20)18-9-3-4-11-7-8-11/h1-2,5-6,10-11H,3-4,7-9H2,(H,18,20). The van der Waals surface area contributed by atoms with Gasteiger partial charge in [0.15, 0.2) is 0 Å². The molecule has 0 unspecified atom stereocenters. The summed E-state index contributed by atoms with van der Waals surface area (Å²) in [5, 5.41) is 4.17. The lowest BCUT2D eigenvalue weighted by atomic mass is 10.1. The Hall–Kier alpha value is -1.61. The van der Waals surface area contributed by atoms with Crippen LogP contribution in [0.1, 0.15) is 36.0 Å². The molecule has 0 spiro atoms. The van der Waals surface area contributed by atoms with Gasteiger partial charge in [-0.2, -0.15) is 0 Å². The maximum atomic E-state index is 12.3. The number of carbonyl (C=O) groups is 1. The SMILES string of the molecule is O=C(NCCCC1CC1)c1cc(Cl)nc2ccccc12. The number of benzene rings is 1. The van der Waals surface area contributed by atoms with Crippen LogP contribution >= 0.6 is 11.6 Å². The third kappa shape index (κ3) is 3.10. The summed E-state index contributed by atoms with van der Waals surface area (Å²) < 4.78 is 0. The molecule has 1 aromatic carbocycles. The van der Waals surface area contributed by atoms with Gasteiger partial charge in [-0.05, 0) is 30.9 Å². The number of pyridine rings is 1. The maximum absolute atomic E-state index is 12.3. The number of amides is 1. The highest BCUT2D eigenvalue weighted by Gasteiger charge is 2.20. The van der Waals surface area contributed by atoms with Crippen LogP contribution < -0.4 is 5.32 Å². The van der Waals surface area contributed by atoms with E-state index in [4.69, 9.17) is 11.6 Å². The van der Waals surface area contributed by atoms with E-state index in [-0.39, 0.29) is 5.91 Å². The molecule has 20 heavy (non-hydrogen) atoms. The third-order valence-electron chi connectivity index (χ3n) is 3.70. The van der Waals surface area contributed by atoms with Gasteiger partial charge in [0.1, 0.15) is 5.15 Å². The zero-order valence-corrected chi connectivity index (χ0v) is 12.0. The third-order valence-corrected chi connectivity index (χ3v) is 3.89. The minimum absolute atomic E-state index is 0.0682. The fourth-order valence-corrected chi connectivity index (χ4v) is 2.63. The first-order valence-corrected chi connectivity index (χ1v) is 7.45. The Bertz CT molecular complexity index is 637. The molecule has 1 saturated carbocycles. The molecule has 1 fully saturated rings. The van der Waals surface area contributed by atoms with Gasteiger partial charge in [0.25, 0.3) is 5.91 Å². The average molecular weight is 289 g/mol. The lowest BCUT2D eigenvalue weighted by molar-refractivity contribution is 0.0954. The number of hydrogen-bond donors (Lipinski definition) is 1. The van der Waals surface area contributed by atoms with E-state index in [0.717, 1.165) is 29.8 Å². The van der Waals surface area contributed by atoms with Crippen molar-refractivity contribution in [2.45, 2.75) is 25.7 Å². The second-order valence-corrected chi connectivity index (χ2v) is 5.74. The van der Waals surface area contributed by atoms with E-state index in [1.165, 1.54) is 19.3 Å². The summed E-state index contributed by atoms with van der Waals surface area (Å²) in [5.41, 5.74) is 1.36. The molecule has 2 aromatic rings. The van der Waals surface area contributed by atoms with Crippen LogP contribution in [0.4, 0.5) is 0 Å². The molecular formula is C16H17ClN2O. The number of aromatic nitrogens is 1. The van der Waals surface area contributed by atoms with E-state index in [0.29, 0.717) is 10.7 Å². The summed E-state index contributed by atoms with van der Waals surface area (Å²) in [5.74, 6) is 0.837. The van der Waals surface area contributed by atoms with Crippen LogP contribution in [0.25, 0.3) is 10.9 Å². The first-order valence-electron chi connectivity index (χ1n) is 7.07. The number of halogens is 1. The van der Waals surface area contributed by atoms with Gasteiger partial charge in [0.05, 0.1) is 11.1 Å². The molecular weight excluding hydrogens is 272 g/mol. The Morgan fingerprint density at radius 1 is 1.35 bits per heavy atom. The number of para-hydroxylation sites is 1. The van der Waals surface area contributed by atoms with Crippen LogP contribution in [-0.2, 0) is 0 Å². The van der Waals surface area contributed by atoms with Crippen molar-refractivity contribution < 1.29 is 4.79 Å². The van der Waals surface area contributed by atoms with Gasteiger partial charge in [-0.3, -0.25) is 4.79 Å². The maximum Gasteiger partial charge on any atom is 0.252 e. The van der Waals surface area contributed by atoms with Crippen molar-refractivity contribution in [1.82, 2.24) is 10.3 Å². The lowest BCUT2D eigenvalue weighted by Gasteiger charge is -2.08. The fraction of sp³-hybridized carbons (Fsp3) is 0.375. The Kier molecular flexibility index (Phi) is 3.88. The number of rotatable bonds is 5. The zero-order valence-electron chi connectivity index (χ0n) is 11.2. The second kappa shape index (κ2) is 5.80. The Labute approximate surface area is 123 Å². The molecule has 1 aliphatic rings. The summed E-state index contributed by atoms with van der Waals surface area (Å²) in [6, 6.07) is 9.20. The predicted molar refractivity (Wildman–Crippen MR) is 81.0 cm³/mol. The van der Waals surface area contributed by atoms with Crippen LogP contribution in [0.15, 0.2) is 30.3 Å². The van der Waals surface area contributed by atoms with E-state index < -0.39 is 0 Å². The molecule has 1 aliphatic carbocycles. The molecule has 3 rings (SSSR count). The summed E-state index contributed by atoms with van der Waals surface area (Å²) in [7, 11) is 0. The number of hydrogen-bond acceptors (Lipinski definition) is 2. The lowest BCUT2D eigenvalue weighted by Crippen LogP contribution is -2.24. The van der Waals surface area contributed by atoms with E-state index in [9.17, 15) is 4.79 Å². The van der Waals surface area contributed by atoms with Crippen LogP contribution in [-0.4, -0.2) is 17.4 Å². The van der Waals surface area contributed by atoms with Crippen LogP contribution in [0.5, 0.6) is 0 Å². The van der Waals surface area contributed by atoms with Crippen LogP contribution in [0.3, 0.4) is 0 Å². The minimum atomic E-state index is -0.0682. The molecule has 1 aromatic heterocycles. The molecule has 1 N–H and O–H groups in total. The van der Waals surface area contributed by atoms with Crippen molar-refractivity contribution in [2.75, 3.05) is 6.54 Å². The topological polar surface area (TPSA) is 42.0 Å². The van der Waals surface area contributed by atoms with Crippen LogP contribution in [0.2, 0.25) is 5.15 Å². The normalized spacial score (nSPS) is 14.4. The Balaban J connectivity index is 1.72. The van der Waals surface area contributed by atoms with Crippen molar-refractivity contribution >= 4 is 28.4 Å². The van der Waals surface area contributed by atoms with Gasteiger partial charge < -0.3 is 5.32 Å². The van der Waals surface area contributed by atoms with Crippen LogP contribution in [0, 0.1) is 5.92 Å². The quantitative estimate of drug-likeness (QED) is 0.671. The van der Waals surface area contributed by atoms with Gasteiger partial charge in [0.2, 0.25) is 0 Å². The van der Waals surface area contributed by atoms with E-state index >= 15 is 0 Å². The van der Waals surface area contributed by atoms with Crippen molar-refractivity contribution in [3.63, 3.8) is 0 Å². The first kappa shape index (κ1) is 13.4. The van der Waals surface area contributed by atoms with Gasteiger partial charge in [-0.25, -0.2) is 4.98 Å². The molecule has 0 bridgehead atoms. The van der Waals surface area contributed by atoms with Gasteiger partial charge in [-0.15, -0.1) is 0 Å². The highest BCUT2D eigenvalue weighted by Crippen LogP contribution is 2.33. The summed E-state index contributed by atoms with van der Waals surface area (Å²) in [6.07, 6.45) is 4.99. The second-order valence-electron chi connectivity index (χ2n) is 5.35. The fourth-order valence-electron chi connectivity index (χ4n) is 2.43. The van der Waals surface area contributed by atoms with Gasteiger partial charge in [-0.1, -0.05) is 42.6 Å². The highest BCUT2D eigenvalue weighted by molar-refractivity contribution is 6.30. The molecule has 3 nitrogen and oxygen atoms in total. The molecule has 1 heterocycles. The number of carbonyl (C=O) groups excluding carboxylic acids is 1. The Morgan fingerprint density at radius 2 is 2.15 bits per heavy atom. The van der Waals surface area contributed by atoms with Crippen molar-refractivity contribution in [2.24, 2.45) is 5.92 Å². The first-order chi connectivity index (χ1) is 9.74. The van der Waals surface area contributed by atoms with Crippen molar-refractivity contribution in [3.05, 3.63) is 41.0 Å². The molecule has 0 atom stereocenters. The molecule has 1 amide bonds. The molecule has 0 aliphatic heterocycles. The van der Waals surface area contributed by atoms with Crippen molar-refractivity contribution in [3.8, 4) is 0 Å². The Morgan fingerprint density at radius 3 is 2.95 bits per heavy atom. The van der Waals surface area contributed by atoms with E-state index in [2.05, 4.69) is 10.3 Å². The predicted octanol–water partition coefficient (Wildman–Crippen LogP) is 3.81.